The molecule has 1 rings (SSSR count). The predicted molar refractivity (Wildman–Crippen MR) is 61.8 cm³/mol. The summed E-state index contributed by atoms with van der Waals surface area (Å²) in [6.45, 7) is 4.79. The van der Waals surface area contributed by atoms with Crippen LogP contribution in [0.3, 0.4) is 0 Å². The maximum absolute atomic E-state index is 11.6. The van der Waals surface area contributed by atoms with Crippen molar-refractivity contribution in [2.45, 2.75) is 38.8 Å². The molecule has 6 heteroatoms. The topological polar surface area (TPSA) is 87.7 Å². The lowest BCUT2D eigenvalue weighted by atomic mass is 10.1. The largest absolute Gasteiger partial charge is 0.480 e. The normalized spacial score (nSPS) is 18.8. The van der Waals surface area contributed by atoms with Gasteiger partial charge in [0.25, 0.3) is 0 Å². The summed E-state index contributed by atoms with van der Waals surface area (Å²) >= 11 is 0. The first-order valence-electron chi connectivity index (χ1n) is 5.88. The number of hydrogen-bond acceptors (Lipinski definition) is 3. The zero-order valence-electron chi connectivity index (χ0n) is 10.2. The van der Waals surface area contributed by atoms with Crippen molar-refractivity contribution in [1.29, 1.82) is 0 Å². The molecule has 1 fully saturated rings. The first-order chi connectivity index (χ1) is 8.00. The van der Waals surface area contributed by atoms with E-state index in [0.29, 0.717) is 13.2 Å². The summed E-state index contributed by atoms with van der Waals surface area (Å²) in [5.41, 5.74) is 0. The number of hydrogen-bond donors (Lipinski definition) is 3. The second-order valence-electron chi connectivity index (χ2n) is 4.56. The molecule has 6 nitrogen and oxygen atoms in total. The van der Waals surface area contributed by atoms with Crippen LogP contribution in [-0.4, -0.2) is 42.4 Å². The van der Waals surface area contributed by atoms with Gasteiger partial charge < -0.3 is 20.5 Å². The number of carboxylic acid groups (broad SMARTS) is 1. The highest BCUT2D eigenvalue weighted by atomic mass is 16.5. The van der Waals surface area contributed by atoms with Crippen LogP contribution in [0.5, 0.6) is 0 Å². The second-order valence-corrected chi connectivity index (χ2v) is 4.56. The number of carboxylic acids is 1. The molecule has 0 spiro atoms. The van der Waals surface area contributed by atoms with Crippen molar-refractivity contribution in [3.05, 3.63) is 0 Å². The molecule has 1 aliphatic heterocycles. The number of aliphatic carboxylic acids is 1. The van der Waals surface area contributed by atoms with Gasteiger partial charge in [-0.25, -0.2) is 9.59 Å². The molecule has 0 bridgehead atoms. The Kier molecular flexibility index (Phi) is 5.21. The van der Waals surface area contributed by atoms with Crippen molar-refractivity contribution >= 4 is 12.0 Å². The maximum Gasteiger partial charge on any atom is 0.326 e. The molecule has 0 aromatic carbocycles. The molecule has 0 saturated carbocycles. The minimum atomic E-state index is -1.01. The molecule has 0 unspecified atom stereocenters. The van der Waals surface area contributed by atoms with Crippen LogP contribution in [0, 0.1) is 5.92 Å². The van der Waals surface area contributed by atoms with Gasteiger partial charge in [0.2, 0.25) is 0 Å². The maximum atomic E-state index is 11.6. The van der Waals surface area contributed by atoms with Crippen LogP contribution in [0.25, 0.3) is 0 Å². The minimum Gasteiger partial charge on any atom is -0.480 e. The number of carbonyl (C=O) groups excluding carboxylic acids is 1. The molecule has 3 N–H and O–H groups in total. The number of nitrogens with one attached hydrogen (secondary N) is 2. The molecular weight excluding hydrogens is 224 g/mol. The number of carbonyl (C=O) groups is 2. The van der Waals surface area contributed by atoms with Crippen LogP contribution >= 0.6 is 0 Å². The highest BCUT2D eigenvalue weighted by Gasteiger charge is 2.24. The second kappa shape index (κ2) is 6.44. The van der Waals surface area contributed by atoms with E-state index in [1.807, 2.05) is 0 Å². The zero-order chi connectivity index (χ0) is 12.8. The highest BCUT2D eigenvalue weighted by Crippen LogP contribution is 2.06. The van der Waals surface area contributed by atoms with Gasteiger partial charge in [0.15, 0.2) is 0 Å². The fraction of sp³-hybridized carbons (Fsp3) is 0.818. The molecule has 1 heterocycles. The van der Waals surface area contributed by atoms with E-state index in [4.69, 9.17) is 9.84 Å². The summed E-state index contributed by atoms with van der Waals surface area (Å²) in [5.74, 6) is -1.16. The van der Waals surface area contributed by atoms with E-state index in [1.165, 1.54) is 0 Å². The summed E-state index contributed by atoms with van der Waals surface area (Å²) in [6, 6.07) is -1.20. The molecule has 0 radical (unpaired) electrons. The number of amides is 2. The molecule has 1 saturated heterocycles. The van der Waals surface area contributed by atoms with Gasteiger partial charge in [-0.3, -0.25) is 0 Å². The first-order valence-corrected chi connectivity index (χ1v) is 5.88. The van der Waals surface area contributed by atoms with Gasteiger partial charge in [-0.15, -0.1) is 0 Å². The van der Waals surface area contributed by atoms with E-state index in [2.05, 4.69) is 10.6 Å². The zero-order valence-corrected chi connectivity index (χ0v) is 10.2. The molecule has 0 aromatic rings. The summed E-state index contributed by atoms with van der Waals surface area (Å²) in [6.07, 6.45) is 1.54. The van der Waals surface area contributed by atoms with Crippen molar-refractivity contribution in [3.63, 3.8) is 0 Å². The van der Waals surface area contributed by atoms with Crippen LogP contribution in [-0.2, 0) is 9.53 Å². The van der Waals surface area contributed by atoms with Crippen molar-refractivity contribution in [3.8, 4) is 0 Å². The first kappa shape index (κ1) is 13.8. The average Bonchev–Trinajstić information content (AvgIpc) is 2.26. The van der Waals surface area contributed by atoms with E-state index >= 15 is 0 Å². The number of urea groups is 1. The van der Waals surface area contributed by atoms with E-state index in [9.17, 15) is 9.59 Å². The van der Waals surface area contributed by atoms with Crippen molar-refractivity contribution < 1.29 is 19.4 Å². The fourth-order valence-electron chi connectivity index (χ4n) is 1.72. The van der Waals surface area contributed by atoms with Gasteiger partial charge in [0.1, 0.15) is 6.04 Å². The van der Waals surface area contributed by atoms with Crippen LogP contribution in [0.15, 0.2) is 0 Å². The van der Waals surface area contributed by atoms with Gasteiger partial charge in [-0.1, -0.05) is 13.8 Å². The van der Waals surface area contributed by atoms with Gasteiger partial charge in [0.05, 0.1) is 0 Å². The molecule has 98 valence electrons. The van der Waals surface area contributed by atoms with E-state index in [-0.39, 0.29) is 12.0 Å². The number of rotatable bonds is 4. The third-order valence-electron chi connectivity index (χ3n) is 2.78. The lowest BCUT2D eigenvalue weighted by Gasteiger charge is -2.25. The Morgan fingerprint density at radius 2 is 1.88 bits per heavy atom. The van der Waals surface area contributed by atoms with Gasteiger partial charge in [-0.05, 0) is 18.8 Å². The lowest BCUT2D eigenvalue weighted by Crippen LogP contribution is -2.51. The Bertz CT molecular complexity index is 275. The van der Waals surface area contributed by atoms with Gasteiger partial charge >= 0.3 is 12.0 Å². The van der Waals surface area contributed by atoms with Crippen molar-refractivity contribution in [2.24, 2.45) is 5.92 Å². The quantitative estimate of drug-likeness (QED) is 0.674. The molecular formula is C11H20N2O4. The molecule has 0 aliphatic carbocycles. The van der Waals surface area contributed by atoms with E-state index in [1.54, 1.807) is 13.8 Å². The smallest absolute Gasteiger partial charge is 0.326 e. The molecule has 1 aliphatic rings. The SMILES string of the molecule is CC(C)[C@H](NC(=O)NC1CCOCC1)C(=O)O. The molecule has 2 amide bonds. The summed E-state index contributed by atoms with van der Waals surface area (Å²) in [4.78, 5) is 22.5. The Morgan fingerprint density at radius 3 is 2.35 bits per heavy atom. The van der Waals surface area contributed by atoms with Crippen LogP contribution in [0.1, 0.15) is 26.7 Å². The van der Waals surface area contributed by atoms with Crippen LogP contribution in [0.4, 0.5) is 4.79 Å². The lowest BCUT2D eigenvalue weighted by molar-refractivity contribution is -0.140. The molecule has 1 atom stereocenters. The Morgan fingerprint density at radius 1 is 1.29 bits per heavy atom. The van der Waals surface area contributed by atoms with Crippen molar-refractivity contribution in [1.82, 2.24) is 10.6 Å². The summed E-state index contributed by atoms with van der Waals surface area (Å²) < 4.78 is 5.17. The minimum absolute atomic E-state index is 0.0744. The third kappa shape index (κ3) is 4.60. The third-order valence-corrected chi connectivity index (χ3v) is 2.78. The molecule has 17 heavy (non-hydrogen) atoms. The summed E-state index contributed by atoms with van der Waals surface area (Å²) in [5, 5.41) is 14.2. The standard InChI is InChI=1S/C11H20N2O4/c1-7(2)9(10(14)15)13-11(16)12-8-3-5-17-6-4-8/h7-9H,3-6H2,1-2H3,(H,14,15)(H2,12,13,16)/t9-/m0/s1. The average molecular weight is 244 g/mol. The van der Waals surface area contributed by atoms with Crippen LogP contribution in [0.2, 0.25) is 0 Å². The Hall–Kier alpha value is -1.30. The monoisotopic (exact) mass is 244 g/mol. The Labute approximate surface area is 101 Å². The highest BCUT2D eigenvalue weighted by molar-refractivity contribution is 5.82. The molecule has 0 aromatic heterocycles. The van der Waals surface area contributed by atoms with E-state index in [0.717, 1.165) is 12.8 Å². The van der Waals surface area contributed by atoms with Gasteiger partial charge in [-0.2, -0.15) is 0 Å². The van der Waals surface area contributed by atoms with Gasteiger partial charge in [0, 0.05) is 19.3 Å². The van der Waals surface area contributed by atoms with E-state index < -0.39 is 18.0 Å². The number of ether oxygens (including phenoxy) is 1. The summed E-state index contributed by atoms with van der Waals surface area (Å²) in [7, 11) is 0. The Balaban J connectivity index is 2.38. The predicted octanol–water partition coefficient (Wildman–Crippen LogP) is 0.574. The van der Waals surface area contributed by atoms with Crippen LogP contribution < -0.4 is 10.6 Å². The van der Waals surface area contributed by atoms with Crippen molar-refractivity contribution in [2.75, 3.05) is 13.2 Å². The fourth-order valence-corrected chi connectivity index (χ4v) is 1.72.